The number of nitrogens with two attached hydrogens (primary N) is 2. The third kappa shape index (κ3) is 4.60. The van der Waals surface area contributed by atoms with E-state index in [9.17, 15) is 14.4 Å². The lowest BCUT2D eigenvalue weighted by Gasteiger charge is -2.29. The first-order valence-corrected chi connectivity index (χ1v) is 10.4. The Labute approximate surface area is 178 Å². The molecule has 9 nitrogen and oxygen atoms in total. The monoisotopic (exact) mass is 431 g/mol. The minimum atomic E-state index is -0.834. The van der Waals surface area contributed by atoms with Crippen LogP contribution in [0.15, 0.2) is 24.3 Å². The number of benzene rings is 1. The smallest absolute Gasteiger partial charge is 0.272 e. The van der Waals surface area contributed by atoms with Gasteiger partial charge in [0.05, 0.1) is 11.8 Å². The fourth-order valence-electron chi connectivity index (χ4n) is 3.32. The quantitative estimate of drug-likeness (QED) is 0.606. The first kappa shape index (κ1) is 21.7. The van der Waals surface area contributed by atoms with Gasteiger partial charge in [0, 0.05) is 18.8 Å². The molecule has 1 aliphatic heterocycles. The number of nitrogens with one attached hydrogen (secondary N) is 1. The number of hydrogen-bond donors (Lipinski definition) is 3. The number of nitrogen functional groups attached to an aromatic ring is 1. The van der Waals surface area contributed by atoms with Crippen LogP contribution < -0.4 is 21.7 Å². The molecule has 1 aromatic heterocycles. The Morgan fingerprint density at radius 3 is 2.77 bits per heavy atom. The summed E-state index contributed by atoms with van der Waals surface area (Å²) in [6.45, 7) is 4.60. The molecule has 1 aliphatic rings. The lowest BCUT2D eigenvalue weighted by molar-refractivity contribution is -0.122. The van der Waals surface area contributed by atoms with Crippen LogP contribution in [0.2, 0.25) is 0 Å². The van der Waals surface area contributed by atoms with Crippen LogP contribution in [0, 0.1) is 6.92 Å². The predicted octanol–water partition coefficient (Wildman–Crippen LogP) is 1.46. The number of amides is 3. The number of aryl methyl sites for hydroxylation is 1. The van der Waals surface area contributed by atoms with Gasteiger partial charge in [-0.2, -0.15) is 4.37 Å². The summed E-state index contributed by atoms with van der Waals surface area (Å²) in [5.41, 5.74) is 12.4. The summed E-state index contributed by atoms with van der Waals surface area (Å²) in [7, 11) is 0. The highest BCUT2D eigenvalue weighted by atomic mass is 32.1. The molecule has 30 heavy (non-hydrogen) atoms. The minimum absolute atomic E-state index is 0.0143. The molecule has 0 spiro atoms. The number of hydrogen-bond acceptors (Lipinski definition) is 7. The van der Waals surface area contributed by atoms with Crippen LogP contribution >= 0.6 is 11.5 Å². The van der Waals surface area contributed by atoms with Crippen molar-refractivity contribution < 1.29 is 19.1 Å². The van der Waals surface area contributed by atoms with E-state index in [0.717, 1.165) is 29.9 Å². The van der Waals surface area contributed by atoms with E-state index in [2.05, 4.69) is 9.69 Å². The molecule has 0 aliphatic carbocycles. The van der Waals surface area contributed by atoms with Crippen molar-refractivity contribution in [3.63, 3.8) is 0 Å². The van der Waals surface area contributed by atoms with Crippen LogP contribution in [0.3, 0.4) is 0 Å². The highest BCUT2D eigenvalue weighted by Gasteiger charge is 2.32. The van der Waals surface area contributed by atoms with Gasteiger partial charge < -0.3 is 21.5 Å². The Morgan fingerprint density at radius 2 is 2.17 bits per heavy atom. The van der Waals surface area contributed by atoms with E-state index in [1.807, 2.05) is 13.0 Å². The Morgan fingerprint density at radius 1 is 1.40 bits per heavy atom. The zero-order chi connectivity index (χ0) is 21.8. The molecule has 5 N–H and O–H groups in total. The van der Waals surface area contributed by atoms with E-state index < -0.39 is 17.9 Å². The fourth-order valence-corrected chi connectivity index (χ4v) is 4.06. The predicted molar refractivity (Wildman–Crippen MR) is 114 cm³/mol. The average molecular weight is 432 g/mol. The zero-order valence-electron chi connectivity index (χ0n) is 16.9. The molecule has 10 heteroatoms. The molecule has 1 aromatic carbocycles. The van der Waals surface area contributed by atoms with E-state index in [1.54, 1.807) is 25.1 Å². The summed E-state index contributed by atoms with van der Waals surface area (Å²) >= 11 is 0.784. The van der Waals surface area contributed by atoms with E-state index >= 15 is 0 Å². The van der Waals surface area contributed by atoms with Gasteiger partial charge in [0.2, 0.25) is 5.91 Å². The lowest BCUT2D eigenvalue weighted by atomic mass is 10.1. The number of anilines is 2. The highest BCUT2D eigenvalue weighted by molar-refractivity contribution is 7.09. The Bertz CT molecular complexity index is 954. The Hall–Kier alpha value is -2.98. The molecule has 3 rings (SSSR count). The maximum absolute atomic E-state index is 13.4. The first-order valence-electron chi connectivity index (χ1n) is 9.64. The summed E-state index contributed by atoms with van der Waals surface area (Å²) in [6, 6.07) is 6.39. The Kier molecular flexibility index (Phi) is 6.68. The molecule has 0 bridgehead atoms. The third-order valence-electron chi connectivity index (χ3n) is 4.95. The molecule has 160 valence electrons. The van der Waals surface area contributed by atoms with Gasteiger partial charge in [-0.25, -0.2) is 0 Å². The van der Waals surface area contributed by atoms with Crippen LogP contribution in [0.5, 0.6) is 0 Å². The van der Waals surface area contributed by atoms with Crippen LogP contribution in [-0.4, -0.2) is 47.4 Å². The molecular formula is C20H25N5O4S. The van der Waals surface area contributed by atoms with Gasteiger partial charge in [0.15, 0.2) is 5.69 Å². The van der Waals surface area contributed by atoms with Crippen molar-refractivity contribution in [3.05, 3.63) is 40.4 Å². The van der Waals surface area contributed by atoms with Crippen molar-refractivity contribution >= 4 is 40.6 Å². The second kappa shape index (κ2) is 9.23. The van der Waals surface area contributed by atoms with Gasteiger partial charge in [-0.1, -0.05) is 12.1 Å². The number of nitrogens with zero attached hydrogens (tertiary/aromatic N) is 2. The molecule has 0 saturated carbocycles. The van der Waals surface area contributed by atoms with Gasteiger partial charge in [-0.05, 0) is 55.9 Å². The number of aromatic nitrogens is 1. The van der Waals surface area contributed by atoms with Gasteiger partial charge in [-0.15, -0.1) is 0 Å². The molecule has 0 radical (unpaired) electrons. The SMILES string of the molecule is Cc1cccc(N(C(=O)c2snc(C(N)=O)c2N)[C@@H](C)C(=O)NC[C@@H]2CCCO2)c1. The van der Waals surface area contributed by atoms with Gasteiger partial charge in [-0.3, -0.25) is 19.3 Å². The van der Waals surface area contributed by atoms with Crippen molar-refractivity contribution in [2.45, 2.75) is 38.8 Å². The molecule has 1 fully saturated rings. The van der Waals surface area contributed by atoms with Gasteiger partial charge in [0.25, 0.3) is 11.8 Å². The normalized spacial score (nSPS) is 16.8. The topological polar surface area (TPSA) is 141 Å². The first-order chi connectivity index (χ1) is 14.3. The van der Waals surface area contributed by atoms with Crippen molar-refractivity contribution in [2.24, 2.45) is 5.73 Å². The minimum Gasteiger partial charge on any atom is -0.395 e. The van der Waals surface area contributed by atoms with Crippen molar-refractivity contribution in [1.29, 1.82) is 0 Å². The molecule has 2 atom stereocenters. The third-order valence-corrected chi connectivity index (χ3v) is 5.80. The van der Waals surface area contributed by atoms with Crippen LogP contribution in [0.1, 0.15) is 45.5 Å². The summed E-state index contributed by atoms with van der Waals surface area (Å²) in [4.78, 5) is 39.1. The van der Waals surface area contributed by atoms with Gasteiger partial charge >= 0.3 is 0 Å². The van der Waals surface area contributed by atoms with Crippen LogP contribution in [0.25, 0.3) is 0 Å². The van der Waals surface area contributed by atoms with Gasteiger partial charge in [0.1, 0.15) is 10.9 Å². The number of primary amides is 1. The summed E-state index contributed by atoms with van der Waals surface area (Å²) in [5, 5.41) is 2.86. The van der Waals surface area contributed by atoms with Crippen molar-refractivity contribution in [1.82, 2.24) is 9.69 Å². The van der Waals surface area contributed by atoms with E-state index in [0.29, 0.717) is 18.8 Å². The lowest BCUT2D eigenvalue weighted by Crippen LogP contribution is -2.49. The number of carbonyl (C=O) groups excluding carboxylic acids is 3. The highest BCUT2D eigenvalue weighted by Crippen LogP contribution is 2.28. The summed E-state index contributed by atoms with van der Waals surface area (Å²) in [5.74, 6) is -1.66. The van der Waals surface area contributed by atoms with E-state index in [-0.39, 0.29) is 28.3 Å². The number of ether oxygens (including phenoxy) is 1. The molecule has 1 saturated heterocycles. The second-order valence-electron chi connectivity index (χ2n) is 7.21. The zero-order valence-corrected chi connectivity index (χ0v) is 17.7. The maximum Gasteiger partial charge on any atom is 0.272 e. The van der Waals surface area contributed by atoms with E-state index in [1.165, 1.54) is 4.90 Å². The number of carbonyl (C=O) groups is 3. The maximum atomic E-state index is 13.4. The fraction of sp³-hybridized carbons (Fsp3) is 0.400. The second-order valence-corrected chi connectivity index (χ2v) is 7.98. The number of rotatable bonds is 7. The largest absolute Gasteiger partial charge is 0.395 e. The molecule has 2 heterocycles. The van der Waals surface area contributed by atoms with Crippen LogP contribution in [-0.2, 0) is 9.53 Å². The molecule has 2 aromatic rings. The standard InChI is InChI=1S/C20H25N5O4S/c1-11-5-3-6-13(9-11)25(12(2)19(27)23-10-14-7-4-8-29-14)20(28)17-15(21)16(18(22)26)24-30-17/h3,5-6,9,12,14H,4,7-8,10,21H2,1-2H3,(H2,22,26)(H,23,27)/t12-,14-/m0/s1. The molecular weight excluding hydrogens is 406 g/mol. The van der Waals surface area contributed by atoms with Crippen molar-refractivity contribution in [3.8, 4) is 0 Å². The van der Waals surface area contributed by atoms with Crippen molar-refractivity contribution in [2.75, 3.05) is 23.8 Å². The molecule has 3 amide bonds. The summed E-state index contributed by atoms with van der Waals surface area (Å²) in [6.07, 6.45) is 1.85. The van der Waals surface area contributed by atoms with Crippen LogP contribution in [0.4, 0.5) is 11.4 Å². The molecule has 0 unspecified atom stereocenters. The Balaban J connectivity index is 1.89. The summed E-state index contributed by atoms with van der Waals surface area (Å²) < 4.78 is 9.44. The average Bonchev–Trinajstić information content (AvgIpc) is 3.35. The van der Waals surface area contributed by atoms with E-state index in [4.69, 9.17) is 16.2 Å².